The summed E-state index contributed by atoms with van der Waals surface area (Å²) in [5, 5.41) is 2.12. The van der Waals surface area contributed by atoms with Gasteiger partial charge < -0.3 is 0 Å². The highest BCUT2D eigenvalue weighted by Crippen LogP contribution is 2.17. The zero-order valence-corrected chi connectivity index (χ0v) is 8.29. The molecule has 0 saturated carbocycles. The van der Waals surface area contributed by atoms with Gasteiger partial charge in [0.15, 0.2) is 0 Å². The van der Waals surface area contributed by atoms with E-state index in [2.05, 4.69) is 43.2 Å². The smallest absolute Gasteiger partial charge is 0.0296 e. The topological polar surface area (TPSA) is 0 Å². The third kappa shape index (κ3) is 2.72. The molecule has 2 heteroatoms. The normalized spacial score (nSPS) is 11.1. The van der Waals surface area contributed by atoms with Gasteiger partial charge in [-0.3, -0.25) is 0 Å². The lowest BCUT2D eigenvalue weighted by molar-refractivity contribution is 1.26. The van der Waals surface area contributed by atoms with Crippen LogP contribution in [0.5, 0.6) is 0 Å². The van der Waals surface area contributed by atoms with Crippen LogP contribution in [-0.2, 0) is 0 Å². The van der Waals surface area contributed by atoms with Gasteiger partial charge in [0, 0.05) is 4.88 Å². The van der Waals surface area contributed by atoms with Crippen molar-refractivity contribution >= 4 is 30.0 Å². The largest absolute Gasteiger partial charge is 0.179 e. The molecule has 0 aliphatic heterocycles. The number of hydrogen-bond donors (Lipinski definition) is 1. The lowest BCUT2D eigenvalue weighted by Crippen LogP contribution is -1.69. The van der Waals surface area contributed by atoms with Gasteiger partial charge >= 0.3 is 0 Å². The zero-order valence-electron chi connectivity index (χ0n) is 6.58. The molecule has 0 fully saturated rings. The summed E-state index contributed by atoms with van der Waals surface area (Å²) >= 11 is 5.92. The third-order valence-electron chi connectivity index (χ3n) is 1.47. The van der Waals surface area contributed by atoms with Crippen LogP contribution in [0, 0.1) is 6.92 Å². The molecule has 0 bridgehead atoms. The van der Waals surface area contributed by atoms with Crippen LogP contribution in [0.2, 0.25) is 0 Å². The Balaban J connectivity index is 2.56. The average Bonchev–Trinajstić information content (AvgIpc) is 2.37. The van der Waals surface area contributed by atoms with Crippen LogP contribution in [0.1, 0.15) is 16.9 Å². The van der Waals surface area contributed by atoms with E-state index in [1.807, 2.05) is 0 Å². The summed E-state index contributed by atoms with van der Waals surface area (Å²) in [6.07, 6.45) is 5.41. The van der Waals surface area contributed by atoms with Gasteiger partial charge in [0.1, 0.15) is 0 Å². The highest BCUT2D eigenvalue weighted by Gasteiger charge is 1.92. The molecule has 0 spiro atoms. The fourth-order valence-electron chi connectivity index (χ4n) is 0.820. The molecule has 1 rings (SSSR count). The predicted molar refractivity (Wildman–Crippen MR) is 56.6 cm³/mol. The molecular formula is C9H12S2. The molecule has 0 nitrogen and oxygen atoms in total. The highest BCUT2D eigenvalue weighted by atomic mass is 32.1. The maximum atomic E-state index is 4.13. The van der Waals surface area contributed by atoms with E-state index in [1.165, 1.54) is 10.4 Å². The van der Waals surface area contributed by atoms with Crippen LogP contribution in [0.3, 0.4) is 0 Å². The zero-order chi connectivity index (χ0) is 8.10. The number of rotatable bonds is 3. The highest BCUT2D eigenvalue weighted by molar-refractivity contribution is 7.80. The minimum absolute atomic E-state index is 0.931. The molecule has 11 heavy (non-hydrogen) atoms. The average molecular weight is 184 g/mol. The molecule has 0 unspecified atom stereocenters. The summed E-state index contributed by atoms with van der Waals surface area (Å²) in [6, 6.07) is 2.14. The number of hydrogen-bond acceptors (Lipinski definition) is 2. The first-order valence-corrected chi connectivity index (χ1v) is 5.17. The van der Waals surface area contributed by atoms with Gasteiger partial charge in [-0.2, -0.15) is 12.6 Å². The lowest BCUT2D eigenvalue weighted by atomic mass is 10.2. The summed E-state index contributed by atoms with van der Waals surface area (Å²) in [4.78, 5) is 1.37. The van der Waals surface area contributed by atoms with Crippen molar-refractivity contribution in [2.45, 2.75) is 13.3 Å². The molecule has 0 amide bonds. The predicted octanol–water partition coefficient (Wildman–Crippen LogP) is 3.39. The maximum Gasteiger partial charge on any atom is 0.0296 e. The van der Waals surface area contributed by atoms with Crippen LogP contribution in [-0.4, -0.2) is 5.75 Å². The van der Waals surface area contributed by atoms with Gasteiger partial charge in [-0.25, -0.2) is 0 Å². The van der Waals surface area contributed by atoms with E-state index < -0.39 is 0 Å². The number of thiol groups is 1. The Labute approximate surface area is 77.4 Å². The summed E-state index contributed by atoms with van der Waals surface area (Å²) in [5.41, 5.74) is 1.37. The third-order valence-corrected chi connectivity index (χ3v) is 2.71. The van der Waals surface area contributed by atoms with E-state index in [9.17, 15) is 0 Å². The minimum atomic E-state index is 0.931. The molecule has 0 aromatic carbocycles. The van der Waals surface area contributed by atoms with Crippen molar-refractivity contribution in [2.24, 2.45) is 0 Å². The second-order valence-electron chi connectivity index (χ2n) is 2.38. The van der Waals surface area contributed by atoms with E-state index in [1.54, 1.807) is 11.3 Å². The molecule has 1 aromatic heterocycles. The Morgan fingerprint density at radius 2 is 2.45 bits per heavy atom. The van der Waals surface area contributed by atoms with Crippen LogP contribution < -0.4 is 0 Å². The SMILES string of the molecule is Cc1ccsc1C=CCCS. The van der Waals surface area contributed by atoms with Gasteiger partial charge in [-0.1, -0.05) is 6.08 Å². The first-order valence-electron chi connectivity index (χ1n) is 3.66. The number of thiophene rings is 1. The van der Waals surface area contributed by atoms with Crippen molar-refractivity contribution in [2.75, 3.05) is 5.75 Å². The van der Waals surface area contributed by atoms with Crippen molar-refractivity contribution < 1.29 is 0 Å². The van der Waals surface area contributed by atoms with E-state index in [0.717, 1.165) is 12.2 Å². The molecule has 0 saturated heterocycles. The molecule has 0 aliphatic rings. The van der Waals surface area contributed by atoms with E-state index in [4.69, 9.17) is 0 Å². The van der Waals surface area contributed by atoms with Gasteiger partial charge in [-0.15, -0.1) is 11.3 Å². The Morgan fingerprint density at radius 1 is 1.64 bits per heavy atom. The van der Waals surface area contributed by atoms with Crippen molar-refractivity contribution in [1.29, 1.82) is 0 Å². The van der Waals surface area contributed by atoms with E-state index in [0.29, 0.717) is 0 Å². The Hall–Kier alpha value is -0.210. The number of aryl methyl sites for hydroxylation is 1. The summed E-state index contributed by atoms with van der Waals surface area (Å²) in [7, 11) is 0. The standard InChI is InChI=1S/C9H12S2/c1-8-5-7-11-9(8)4-2-3-6-10/h2,4-5,7,10H,3,6H2,1H3. The van der Waals surface area contributed by atoms with Gasteiger partial charge in [0.05, 0.1) is 0 Å². The molecule has 0 radical (unpaired) electrons. The maximum absolute atomic E-state index is 4.13. The van der Waals surface area contributed by atoms with Crippen LogP contribution in [0.4, 0.5) is 0 Å². The van der Waals surface area contributed by atoms with Gasteiger partial charge in [0.25, 0.3) is 0 Å². The quantitative estimate of drug-likeness (QED) is 0.684. The second-order valence-corrected chi connectivity index (χ2v) is 3.78. The van der Waals surface area contributed by atoms with Crippen molar-refractivity contribution in [3.8, 4) is 0 Å². The van der Waals surface area contributed by atoms with E-state index >= 15 is 0 Å². The molecule has 1 aromatic rings. The molecular weight excluding hydrogens is 172 g/mol. The minimum Gasteiger partial charge on any atom is -0.179 e. The van der Waals surface area contributed by atoms with Gasteiger partial charge in [0.2, 0.25) is 0 Å². The van der Waals surface area contributed by atoms with Crippen molar-refractivity contribution in [1.82, 2.24) is 0 Å². The van der Waals surface area contributed by atoms with E-state index in [-0.39, 0.29) is 0 Å². The molecule has 1 heterocycles. The Morgan fingerprint density at radius 3 is 3.00 bits per heavy atom. The Bertz CT molecular complexity index is 235. The molecule has 60 valence electrons. The summed E-state index contributed by atoms with van der Waals surface area (Å²) in [6.45, 7) is 2.14. The van der Waals surface area contributed by atoms with Crippen molar-refractivity contribution in [3.63, 3.8) is 0 Å². The molecule has 0 atom stereocenters. The summed E-state index contributed by atoms with van der Waals surface area (Å²) in [5.74, 6) is 0.931. The lowest BCUT2D eigenvalue weighted by Gasteiger charge is -1.88. The summed E-state index contributed by atoms with van der Waals surface area (Å²) < 4.78 is 0. The first kappa shape index (κ1) is 8.88. The van der Waals surface area contributed by atoms with Gasteiger partial charge in [-0.05, 0) is 42.2 Å². The second kappa shape index (κ2) is 4.62. The van der Waals surface area contributed by atoms with Crippen LogP contribution in [0.15, 0.2) is 17.5 Å². The van der Waals surface area contributed by atoms with Crippen LogP contribution >= 0.6 is 24.0 Å². The Kier molecular flexibility index (Phi) is 3.73. The molecule has 0 N–H and O–H groups in total. The monoisotopic (exact) mass is 184 g/mol. The fraction of sp³-hybridized carbons (Fsp3) is 0.333. The van der Waals surface area contributed by atoms with Crippen molar-refractivity contribution in [3.05, 3.63) is 28.0 Å². The fourth-order valence-corrected chi connectivity index (χ4v) is 1.82. The first-order chi connectivity index (χ1) is 5.34. The van der Waals surface area contributed by atoms with Crippen LogP contribution in [0.25, 0.3) is 6.08 Å². The number of allylic oxidation sites excluding steroid dienone is 1. The molecule has 0 aliphatic carbocycles.